The third-order valence-corrected chi connectivity index (χ3v) is 2.56. The highest BCUT2D eigenvalue weighted by Crippen LogP contribution is 2.17. The Morgan fingerprint density at radius 2 is 2.13 bits per heavy atom. The molecule has 0 amide bonds. The van der Waals surface area contributed by atoms with Gasteiger partial charge in [0.15, 0.2) is 5.58 Å². The van der Waals surface area contributed by atoms with Gasteiger partial charge < -0.3 is 4.42 Å². The van der Waals surface area contributed by atoms with Gasteiger partial charge in [0.05, 0.1) is 5.52 Å². The van der Waals surface area contributed by atoms with Gasteiger partial charge in [-0.25, -0.2) is 0 Å². The number of oxazole rings is 1. The van der Waals surface area contributed by atoms with E-state index in [9.17, 15) is 0 Å². The summed E-state index contributed by atoms with van der Waals surface area (Å²) in [5.74, 6) is 0. The first-order valence-electron chi connectivity index (χ1n) is 4.90. The minimum Gasteiger partial charge on any atom is -0.429 e. The van der Waals surface area contributed by atoms with E-state index in [2.05, 4.69) is 19.9 Å². The number of para-hydroxylation sites is 2. The molecule has 0 aliphatic rings. The van der Waals surface area contributed by atoms with Crippen molar-refractivity contribution in [1.29, 1.82) is 0 Å². The van der Waals surface area contributed by atoms with E-state index in [0.717, 1.165) is 17.6 Å². The molecule has 2 aromatic rings. The van der Waals surface area contributed by atoms with Gasteiger partial charge in [-0.2, -0.15) is 0 Å². The predicted molar refractivity (Wildman–Crippen MR) is 64.5 cm³/mol. The van der Waals surface area contributed by atoms with Gasteiger partial charge in [0, 0.05) is 6.54 Å². The molecule has 0 saturated heterocycles. The van der Waals surface area contributed by atoms with Crippen LogP contribution in [0.15, 0.2) is 40.3 Å². The number of rotatable bonds is 2. The van der Waals surface area contributed by atoms with Crippen LogP contribution in [0.3, 0.4) is 0 Å². The number of allylic oxidation sites excluding steroid dienone is 2. The lowest BCUT2D eigenvalue weighted by Crippen LogP contribution is -1.94. The maximum absolute atomic E-state index is 5.48. The Balaban J connectivity index is 2.54. The number of hydrogen-bond acceptors (Lipinski definition) is 2. The van der Waals surface area contributed by atoms with Crippen LogP contribution in [-0.4, -0.2) is 4.57 Å². The fraction of sp³-hybridized carbons (Fsp3) is 0.250. The quantitative estimate of drug-likeness (QED) is 0.562. The topological polar surface area (TPSA) is 18.1 Å². The molecular formula is C12H13NOS. The Hall–Kier alpha value is -1.35. The van der Waals surface area contributed by atoms with Gasteiger partial charge in [0.1, 0.15) is 0 Å². The molecule has 78 valence electrons. The summed E-state index contributed by atoms with van der Waals surface area (Å²) >= 11 is 5.17. The van der Waals surface area contributed by atoms with Crippen LogP contribution in [-0.2, 0) is 6.54 Å². The monoisotopic (exact) mass is 219 g/mol. The van der Waals surface area contributed by atoms with Crippen molar-refractivity contribution in [1.82, 2.24) is 4.57 Å². The molecule has 0 radical (unpaired) electrons. The fourth-order valence-corrected chi connectivity index (χ4v) is 1.72. The van der Waals surface area contributed by atoms with E-state index in [-0.39, 0.29) is 0 Å². The zero-order chi connectivity index (χ0) is 10.8. The molecule has 2 nitrogen and oxygen atoms in total. The lowest BCUT2D eigenvalue weighted by molar-refractivity contribution is 0.550. The fourth-order valence-electron chi connectivity index (χ4n) is 1.46. The highest BCUT2D eigenvalue weighted by atomic mass is 32.1. The van der Waals surface area contributed by atoms with Crippen molar-refractivity contribution in [2.24, 2.45) is 0 Å². The molecule has 0 saturated carbocycles. The first kappa shape index (κ1) is 10.2. The van der Waals surface area contributed by atoms with Gasteiger partial charge in [0.25, 0.3) is 4.84 Å². The molecule has 0 aliphatic heterocycles. The van der Waals surface area contributed by atoms with Gasteiger partial charge in [-0.3, -0.25) is 4.57 Å². The van der Waals surface area contributed by atoms with Crippen molar-refractivity contribution in [2.75, 3.05) is 0 Å². The average molecular weight is 219 g/mol. The molecule has 0 fully saturated rings. The van der Waals surface area contributed by atoms with Crippen molar-refractivity contribution >= 4 is 23.3 Å². The van der Waals surface area contributed by atoms with Gasteiger partial charge in [-0.15, -0.1) is 0 Å². The van der Waals surface area contributed by atoms with E-state index in [4.69, 9.17) is 16.6 Å². The van der Waals surface area contributed by atoms with Gasteiger partial charge in [0.2, 0.25) is 0 Å². The highest BCUT2D eigenvalue weighted by Gasteiger charge is 2.03. The minimum atomic E-state index is 0.536. The van der Waals surface area contributed by atoms with Crippen LogP contribution in [0.1, 0.15) is 13.8 Å². The molecule has 0 atom stereocenters. The standard InChI is InChI=1S/C12H13NOS/c1-9(2)7-8-13-10-5-3-4-6-11(10)14-12(13)15/h3-7H,8H2,1-2H3. The maximum Gasteiger partial charge on any atom is 0.269 e. The second-order valence-electron chi connectivity index (χ2n) is 3.73. The number of nitrogens with zero attached hydrogens (tertiary/aromatic N) is 1. The maximum atomic E-state index is 5.48. The Kier molecular flexibility index (Phi) is 2.73. The van der Waals surface area contributed by atoms with Crippen LogP contribution >= 0.6 is 12.2 Å². The van der Waals surface area contributed by atoms with Crippen LogP contribution < -0.4 is 0 Å². The van der Waals surface area contributed by atoms with Crippen LogP contribution in [0.5, 0.6) is 0 Å². The first-order chi connectivity index (χ1) is 7.18. The van der Waals surface area contributed by atoms with Crippen molar-refractivity contribution in [3.63, 3.8) is 0 Å². The Labute approximate surface area is 93.8 Å². The molecule has 3 heteroatoms. The normalized spacial score (nSPS) is 10.5. The van der Waals surface area contributed by atoms with E-state index < -0.39 is 0 Å². The third kappa shape index (κ3) is 2.02. The van der Waals surface area contributed by atoms with E-state index in [1.807, 2.05) is 28.8 Å². The van der Waals surface area contributed by atoms with Gasteiger partial charge in [-0.1, -0.05) is 23.8 Å². The van der Waals surface area contributed by atoms with Crippen molar-refractivity contribution in [3.05, 3.63) is 40.8 Å². The number of aromatic nitrogens is 1. The summed E-state index contributed by atoms with van der Waals surface area (Å²) in [5.41, 5.74) is 3.19. The van der Waals surface area contributed by atoms with E-state index in [1.54, 1.807) is 0 Å². The summed E-state index contributed by atoms with van der Waals surface area (Å²) in [7, 11) is 0. The number of hydrogen-bond donors (Lipinski definition) is 0. The second kappa shape index (κ2) is 4.03. The molecule has 1 aromatic carbocycles. The van der Waals surface area contributed by atoms with Crippen molar-refractivity contribution in [2.45, 2.75) is 20.4 Å². The zero-order valence-electron chi connectivity index (χ0n) is 8.86. The summed E-state index contributed by atoms with van der Waals surface area (Å²) in [4.78, 5) is 0.536. The first-order valence-corrected chi connectivity index (χ1v) is 5.31. The van der Waals surface area contributed by atoms with E-state index >= 15 is 0 Å². The van der Waals surface area contributed by atoms with E-state index in [0.29, 0.717) is 4.84 Å². The largest absolute Gasteiger partial charge is 0.429 e. The van der Waals surface area contributed by atoms with E-state index in [1.165, 1.54) is 5.57 Å². The van der Waals surface area contributed by atoms with Crippen molar-refractivity contribution in [3.8, 4) is 0 Å². The lowest BCUT2D eigenvalue weighted by Gasteiger charge is -1.98. The predicted octanol–water partition coefficient (Wildman–Crippen LogP) is 3.93. The molecule has 2 rings (SSSR count). The Bertz CT molecular complexity index is 558. The Morgan fingerprint density at radius 1 is 1.40 bits per heavy atom. The highest BCUT2D eigenvalue weighted by molar-refractivity contribution is 7.71. The molecule has 1 aromatic heterocycles. The summed E-state index contributed by atoms with van der Waals surface area (Å²) < 4.78 is 7.48. The third-order valence-electron chi connectivity index (χ3n) is 2.26. The van der Waals surface area contributed by atoms with Crippen LogP contribution in [0.4, 0.5) is 0 Å². The molecule has 0 aliphatic carbocycles. The lowest BCUT2D eigenvalue weighted by atomic mass is 10.3. The molecule has 15 heavy (non-hydrogen) atoms. The summed E-state index contributed by atoms with van der Waals surface area (Å²) in [6, 6.07) is 7.90. The summed E-state index contributed by atoms with van der Waals surface area (Å²) in [6.45, 7) is 4.93. The SMILES string of the molecule is CC(C)=CCn1c(=S)oc2ccccc21. The number of benzene rings is 1. The minimum absolute atomic E-state index is 0.536. The van der Waals surface area contributed by atoms with Crippen LogP contribution in [0.2, 0.25) is 0 Å². The van der Waals surface area contributed by atoms with Crippen LogP contribution in [0.25, 0.3) is 11.1 Å². The molecule has 1 heterocycles. The zero-order valence-corrected chi connectivity index (χ0v) is 9.67. The second-order valence-corrected chi connectivity index (χ2v) is 4.08. The average Bonchev–Trinajstić information content (AvgIpc) is 2.50. The number of fused-ring (bicyclic) bond motifs is 1. The molecule has 0 bridgehead atoms. The van der Waals surface area contributed by atoms with Crippen molar-refractivity contribution < 1.29 is 4.42 Å². The smallest absolute Gasteiger partial charge is 0.269 e. The molecular weight excluding hydrogens is 206 g/mol. The Morgan fingerprint density at radius 3 is 2.87 bits per heavy atom. The molecule has 0 unspecified atom stereocenters. The van der Waals surface area contributed by atoms with Crippen LogP contribution in [0, 0.1) is 4.84 Å². The van der Waals surface area contributed by atoms with Gasteiger partial charge in [-0.05, 0) is 38.2 Å². The summed E-state index contributed by atoms with van der Waals surface area (Å²) in [6.07, 6.45) is 2.14. The summed E-state index contributed by atoms with van der Waals surface area (Å²) in [5, 5.41) is 0. The molecule has 0 N–H and O–H groups in total. The van der Waals surface area contributed by atoms with Gasteiger partial charge >= 0.3 is 0 Å². The molecule has 0 spiro atoms.